The van der Waals surface area contributed by atoms with E-state index in [2.05, 4.69) is 36.9 Å². The van der Waals surface area contributed by atoms with E-state index in [4.69, 9.17) is 5.11 Å². The number of piperidine rings is 1. The van der Waals surface area contributed by atoms with Gasteiger partial charge in [0.25, 0.3) is 0 Å². The molecule has 0 atom stereocenters. The highest BCUT2D eigenvalue weighted by atomic mass is 16.4. The first-order chi connectivity index (χ1) is 9.97. The third-order valence-corrected chi connectivity index (χ3v) is 4.26. The van der Waals surface area contributed by atoms with Crippen LogP contribution in [0.25, 0.3) is 6.08 Å². The predicted molar refractivity (Wildman–Crippen MR) is 86.8 cm³/mol. The van der Waals surface area contributed by atoms with Gasteiger partial charge in [-0.3, -0.25) is 0 Å². The molecule has 1 aliphatic heterocycles. The minimum atomic E-state index is -0.917. The predicted octanol–water partition coefficient (Wildman–Crippen LogP) is 2.62. The summed E-state index contributed by atoms with van der Waals surface area (Å²) in [5.74, 6) is -0.917. The summed E-state index contributed by atoms with van der Waals surface area (Å²) in [6.07, 6.45) is 5.18. The first-order valence-electron chi connectivity index (χ1n) is 7.40. The summed E-state index contributed by atoms with van der Waals surface area (Å²) in [5, 5.41) is 8.68. The Balaban J connectivity index is 2.11. The molecule has 0 amide bonds. The number of rotatable bonds is 4. The average molecular weight is 288 g/mol. The fourth-order valence-corrected chi connectivity index (χ4v) is 2.92. The van der Waals surface area contributed by atoms with Gasteiger partial charge in [0.1, 0.15) is 0 Å². The van der Waals surface area contributed by atoms with Crippen LogP contribution in [-0.2, 0) is 4.79 Å². The summed E-state index contributed by atoms with van der Waals surface area (Å²) >= 11 is 0. The van der Waals surface area contributed by atoms with Crippen LogP contribution < -0.4 is 4.90 Å². The third-order valence-electron chi connectivity index (χ3n) is 4.26. The van der Waals surface area contributed by atoms with E-state index < -0.39 is 5.97 Å². The highest BCUT2D eigenvalue weighted by Gasteiger charge is 2.21. The highest BCUT2D eigenvalue weighted by molar-refractivity contribution is 5.85. The Labute approximate surface area is 126 Å². The zero-order valence-corrected chi connectivity index (χ0v) is 13.0. The topological polar surface area (TPSA) is 43.8 Å². The Bertz CT molecular complexity index is 532. The molecule has 4 nitrogen and oxygen atoms in total. The lowest BCUT2D eigenvalue weighted by Gasteiger charge is -2.37. The average Bonchev–Trinajstić information content (AvgIpc) is 2.45. The molecule has 0 saturated carbocycles. The van der Waals surface area contributed by atoms with Gasteiger partial charge in [0.15, 0.2) is 0 Å². The minimum Gasteiger partial charge on any atom is -0.478 e. The first-order valence-corrected chi connectivity index (χ1v) is 7.40. The molecule has 0 aliphatic carbocycles. The highest BCUT2D eigenvalue weighted by Crippen LogP contribution is 2.26. The molecule has 0 bridgehead atoms. The number of anilines is 1. The van der Waals surface area contributed by atoms with Gasteiger partial charge in [-0.1, -0.05) is 6.07 Å². The number of benzene rings is 1. The van der Waals surface area contributed by atoms with E-state index in [0.29, 0.717) is 6.04 Å². The van der Waals surface area contributed by atoms with E-state index in [-0.39, 0.29) is 0 Å². The SMILES string of the molecule is Cc1cc(C=CC(=O)O)ccc1N(C)C1CCN(C)CC1. The molecule has 1 fully saturated rings. The number of aliphatic carboxylic acids is 1. The lowest BCUT2D eigenvalue weighted by atomic mass is 10.0. The van der Waals surface area contributed by atoms with Crippen molar-refractivity contribution >= 4 is 17.7 Å². The molecule has 1 aliphatic rings. The van der Waals surface area contributed by atoms with E-state index in [1.54, 1.807) is 6.08 Å². The Morgan fingerprint density at radius 2 is 2.05 bits per heavy atom. The summed E-state index contributed by atoms with van der Waals surface area (Å²) in [5.41, 5.74) is 3.34. The van der Waals surface area contributed by atoms with E-state index in [1.165, 1.54) is 30.2 Å². The standard InChI is InChI=1S/C17H24N2O2/c1-13-12-14(5-7-17(20)21)4-6-16(13)19(3)15-8-10-18(2)11-9-15/h4-7,12,15H,8-11H2,1-3H3,(H,20,21). The second-order valence-electron chi connectivity index (χ2n) is 5.86. The van der Waals surface area contributed by atoms with Gasteiger partial charge in [0.05, 0.1) is 0 Å². The van der Waals surface area contributed by atoms with Gasteiger partial charge in [-0.2, -0.15) is 0 Å². The van der Waals surface area contributed by atoms with Crippen molar-refractivity contribution in [3.05, 3.63) is 35.4 Å². The van der Waals surface area contributed by atoms with E-state index >= 15 is 0 Å². The molecule has 1 N–H and O–H groups in total. The molecule has 4 heteroatoms. The molecular formula is C17H24N2O2. The zero-order chi connectivity index (χ0) is 15.4. The molecule has 21 heavy (non-hydrogen) atoms. The van der Waals surface area contributed by atoms with Gasteiger partial charge >= 0.3 is 5.97 Å². The lowest BCUT2D eigenvalue weighted by Crippen LogP contribution is -2.42. The molecule has 114 valence electrons. The maximum atomic E-state index is 10.6. The zero-order valence-electron chi connectivity index (χ0n) is 13.0. The number of hydrogen-bond donors (Lipinski definition) is 1. The van der Waals surface area contributed by atoms with E-state index in [1.807, 2.05) is 12.1 Å². The quantitative estimate of drug-likeness (QED) is 0.865. The van der Waals surface area contributed by atoms with Crippen LogP contribution in [0.1, 0.15) is 24.0 Å². The molecule has 0 spiro atoms. The van der Waals surface area contributed by atoms with Crippen molar-refractivity contribution in [3.8, 4) is 0 Å². The van der Waals surface area contributed by atoms with E-state index in [0.717, 1.165) is 18.7 Å². The van der Waals surface area contributed by atoms with Crippen molar-refractivity contribution in [2.75, 3.05) is 32.1 Å². The van der Waals surface area contributed by atoms with Gasteiger partial charge in [-0.15, -0.1) is 0 Å². The Hall–Kier alpha value is -1.81. The summed E-state index contributed by atoms with van der Waals surface area (Å²) in [6, 6.07) is 6.70. The number of likely N-dealkylation sites (tertiary alicyclic amines) is 1. The molecule has 2 rings (SSSR count). The van der Waals surface area contributed by atoms with Crippen molar-refractivity contribution in [3.63, 3.8) is 0 Å². The van der Waals surface area contributed by atoms with Gasteiger partial charge in [0.2, 0.25) is 0 Å². The van der Waals surface area contributed by atoms with Crippen molar-refractivity contribution in [2.45, 2.75) is 25.8 Å². The van der Waals surface area contributed by atoms with Crippen LogP contribution in [-0.4, -0.2) is 49.2 Å². The molecule has 0 aromatic heterocycles. The Morgan fingerprint density at radius 3 is 2.62 bits per heavy atom. The Morgan fingerprint density at radius 1 is 1.38 bits per heavy atom. The molecule has 1 saturated heterocycles. The molecular weight excluding hydrogens is 264 g/mol. The van der Waals surface area contributed by atoms with Crippen LogP contribution in [0.4, 0.5) is 5.69 Å². The molecule has 1 heterocycles. The number of carboxylic acids is 1. The van der Waals surface area contributed by atoms with Crippen LogP contribution in [0.2, 0.25) is 0 Å². The van der Waals surface area contributed by atoms with Gasteiger partial charge < -0.3 is 14.9 Å². The first kappa shape index (κ1) is 15.6. The van der Waals surface area contributed by atoms with Crippen LogP contribution in [0.3, 0.4) is 0 Å². The largest absolute Gasteiger partial charge is 0.478 e. The minimum absolute atomic E-state index is 0.584. The summed E-state index contributed by atoms with van der Waals surface area (Å²) in [4.78, 5) is 15.3. The van der Waals surface area contributed by atoms with Gasteiger partial charge in [0, 0.05) is 24.9 Å². The van der Waals surface area contributed by atoms with Crippen molar-refractivity contribution in [1.82, 2.24) is 4.90 Å². The van der Waals surface area contributed by atoms with Gasteiger partial charge in [-0.25, -0.2) is 4.79 Å². The molecule has 1 aromatic carbocycles. The summed E-state index contributed by atoms with van der Waals surface area (Å²) in [7, 11) is 4.33. The number of carboxylic acid groups (broad SMARTS) is 1. The van der Waals surface area contributed by atoms with Crippen LogP contribution >= 0.6 is 0 Å². The summed E-state index contributed by atoms with van der Waals surface area (Å²) in [6.45, 7) is 4.37. The molecule has 0 radical (unpaired) electrons. The van der Waals surface area contributed by atoms with Crippen molar-refractivity contribution in [2.24, 2.45) is 0 Å². The second kappa shape index (κ2) is 6.76. The fraction of sp³-hybridized carbons (Fsp3) is 0.471. The number of hydrogen-bond acceptors (Lipinski definition) is 3. The van der Waals surface area contributed by atoms with Crippen LogP contribution in [0.5, 0.6) is 0 Å². The van der Waals surface area contributed by atoms with Crippen LogP contribution in [0, 0.1) is 6.92 Å². The third kappa shape index (κ3) is 4.08. The number of nitrogens with zero attached hydrogens (tertiary/aromatic N) is 2. The Kier molecular flexibility index (Phi) is 5.02. The van der Waals surface area contributed by atoms with Crippen molar-refractivity contribution in [1.29, 1.82) is 0 Å². The van der Waals surface area contributed by atoms with Crippen molar-refractivity contribution < 1.29 is 9.90 Å². The normalized spacial score (nSPS) is 17.3. The van der Waals surface area contributed by atoms with Crippen LogP contribution in [0.15, 0.2) is 24.3 Å². The molecule has 1 aromatic rings. The maximum absolute atomic E-state index is 10.6. The molecule has 0 unspecified atom stereocenters. The second-order valence-corrected chi connectivity index (χ2v) is 5.86. The maximum Gasteiger partial charge on any atom is 0.328 e. The lowest BCUT2D eigenvalue weighted by molar-refractivity contribution is -0.131. The smallest absolute Gasteiger partial charge is 0.328 e. The number of aryl methyl sites for hydroxylation is 1. The van der Waals surface area contributed by atoms with Gasteiger partial charge in [-0.05, 0) is 69.2 Å². The van der Waals surface area contributed by atoms with E-state index in [9.17, 15) is 4.79 Å². The summed E-state index contributed by atoms with van der Waals surface area (Å²) < 4.78 is 0. The monoisotopic (exact) mass is 288 g/mol. The fourth-order valence-electron chi connectivity index (χ4n) is 2.92. The number of carbonyl (C=O) groups is 1.